The number of amides is 1. The Hall–Kier alpha value is -2.32. The van der Waals surface area contributed by atoms with Crippen LogP contribution in [-0.2, 0) is 20.3 Å². The van der Waals surface area contributed by atoms with Crippen LogP contribution in [0.25, 0.3) is 0 Å². The van der Waals surface area contributed by atoms with Gasteiger partial charge in [-0.05, 0) is 24.3 Å². The number of benzene rings is 1. The second-order valence-corrected chi connectivity index (χ2v) is 6.62. The average Bonchev–Trinajstić information content (AvgIpc) is 3.21. The van der Waals surface area contributed by atoms with Gasteiger partial charge in [-0.15, -0.1) is 0 Å². The van der Waals surface area contributed by atoms with E-state index in [1.807, 2.05) is 19.3 Å². The molecule has 0 aliphatic heterocycles. The molecule has 2 heterocycles. The minimum absolute atomic E-state index is 0.150. The minimum atomic E-state index is -0.260. The van der Waals surface area contributed by atoms with Crippen molar-refractivity contribution in [1.29, 1.82) is 0 Å². The van der Waals surface area contributed by atoms with Gasteiger partial charge in [0.25, 0.3) is 5.91 Å². The molecule has 0 radical (unpaired) electrons. The predicted octanol–water partition coefficient (Wildman–Crippen LogP) is 3.00. The number of nitrogens with zero attached hydrogens (tertiary/aromatic N) is 4. The number of rotatable bonds is 6. The molecule has 25 heavy (non-hydrogen) atoms. The SMILES string of the molecule is Cn1cc(CNC(=O)c2ccn(COc3ccc(Br)cc3Cl)n2)cn1. The molecule has 3 rings (SSSR count). The van der Waals surface area contributed by atoms with E-state index >= 15 is 0 Å². The molecule has 0 aliphatic rings. The first-order valence-electron chi connectivity index (χ1n) is 7.38. The maximum absolute atomic E-state index is 12.1. The summed E-state index contributed by atoms with van der Waals surface area (Å²) in [5, 5.41) is 11.5. The Bertz CT molecular complexity index is 892. The zero-order valence-electron chi connectivity index (χ0n) is 13.3. The Kier molecular flexibility index (Phi) is 5.40. The van der Waals surface area contributed by atoms with Gasteiger partial charge in [-0.2, -0.15) is 10.2 Å². The lowest BCUT2D eigenvalue weighted by Crippen LogP contribution is -2.23. The van der Waals surface area contributed by atoms with Gasteiger partial charge < -0.3 is 10.1 Å². The Morgan fingerprint density at radius 1 is 1.40 bits per heavy atom. The van der Waals surface area contributed by atoms with Crippen molar-refractivity contribution in [3.8, 4) is 5.75 Å². The summed E-state index contributed by atoms with van der Waals surface area (Å²) in [7, 11) is 1.82. The van der Waals surface area contributed by atoms with Crippen LogP contribution in [0.5, 0.6) is 5.75 Å². The van der Waals surface area contributed by atoms with Gasteiger partial charge >= 0.3 is 0 Å². The summed E-state index contributed by atoms with van der Waals surface area (Å²) in [6, 6.07) is 6.97. The number of nitrogens with one attached hydrogen (secondary N) is 1. The molecule has 7 nitrogen and oxygen atoms in total. The molecule has 0 unspecified atom stereocenters. The van der Waals surface area contributed by atoms with Gasteiger partial charge in [-0.1, -0.05) is 27.5 Å². The maximum Gasteiger partial charge on any atom is 0.272 e. The van der Waals surface area contributed by atoms with Gasteiger partial charge in [0.15, 0.2) is 6.73 Å². The lowest BCUT2D eigenvalue weighted by molar-refractivity contribution is 0.0944. The molecule has 130 valence electrons. The smallest absolute Gasteiger partial charge is 0.272 e. The van der Waals surface area contributed by atoms with E-state index in [0.717, 1.165) is 10.0 Å². The Morgan fingerprint density at radius 3 is 2.96 bits per heavy atom. The molecule has 0 saturated carbocycles. The Morgan fingerprint density at radius 2 is 2.24 bits per heavy atom. The highest BCUT2D eigenvalue weighted by Gasteiger charge is 2.10. The predicted molar refractivity (Wildman–Crippen MR) is 96.4 cm³/mol. The van der Waals surface area contributed by atoms with E-state index in [4.69, 9.17) is 16.3 Å². The van der Waals surface area contributed by atoms with Crippen LogP contribution in [0.2, 0.25) is 5.02 Å². The summed E-state index contributed by atoms with van der Waals surface area (Å²) in [6.45, 7) is 0.543. The van der Waals surface area contributed by atoms with Crippen molar-refractivity contribution in [3.63, 3.8) is 0 Å². The first-order valence-corrected chi connectivity index (χ1v) is 8.55. The van der Waals surface area contributed by atoms with E-state index in [2.05, 4.69) is 31.4 Å². The molecule has 0 aliphatic carbocycles. The molecular formula is C16H15BrClN5O2. The Labute approximate surface area is 157 Å². The molecule has 1 aromatic carbocycles. The van der Waals surface area contributed by atoms with E-state index < -0.39 is 0 Å². The van der Waals surface area contributed by atoms with Crippen molar-refractivity contribution in [2.75, 3.05) is 0 Å². The molecule has 0 fully saturated rings. The van der Waals surface area contributed by atoms with Crippen LogP contribution in [0.3, 0.4) is 0 Å². The summed E-state index contributed by atoms with van der Waals surface area (Å²) in [6.07, 6.45) is 5.22. The van der Waals surface area contributed by atoms with Crippen LogP contribution in [0.15, 0.2) is 47.3 Å². The van der Waals surface area contributed by atoms with Crippen LogP contribution >= 0.6 is 27.5 Å². The Balaban J connectivity index is 1.55. The summed E-state index contributed by atoms with van der Waals surface area (Å²) in [4.78, 5) is 12.1. The molecular weight excluding hydrogens is 410 g/mol. The fourth-order valence-electron chi connectivity index (χ4n) is 2.12. The number of carbonyl (C=O) groups is 1. The third-order valence-electron chi connectivity index (χ3n) is 3.33. The van der Waals surface area contributed by atoms with Gasteiger partial charge in [-0.25, -0.2) is 4.68 Å². The van der Waals surface area contributed by atoms with Crippen molar-refractivity contribution >= 4 is 33.4 Å². The van der Waals surface area contributed by atoms with Crippen LogP contribution in [0.1, 0.15) is 16.1 Å². The van der Waals surface area contributed by atoms with Crippen molar-refractivity contribution in [2.24, 2.45) is 7.05 Å². The zero-order valence-corrected chi connectivity index (χ0v) is 15.7. The van der Waals surface area contributed by atoms with Crippen molar-refractivity contribution in [1.82, 2.24) is 24.9 Å². The van der Waals surface area contributed by atoms with Crippen LogP contribution < -0.4 is 10.1 Å². The van der Waals surface area contributed by atoms with Gasteiger partial charge in [0.05, 0.1) is 11.2 Å². The van der Waals surface area contributed by atoms with Crippen LogP contribution in [0, 0.1) is 0 Å². The van der Waals surface area contributed by atoms with Crippen LogP contribution in [-0.4, -0.2) is 25.5 Å². The maximum atomic E-state index is 12.1. The van der Waals surface area contributed by atoms with E-state index in [0.29, 0.717) is 23.0 Å². The number of ether oxygens (including phenoxy) is 1. The van der Waals surface area contributed by atoms with Crippen molar-refractivity contribution in [2.45, 2.75) is 13.3 Å². The topological polar surface area (TPSA) is 74.0 Å². The number of hydrogen-bond acceptors (Lipinski definition) is 4. The van der Waals surface area contributed by atoms with Crippen molar-refractivity contribution in [3.05, 3.63) is 63.6 Å². The summed E-state index contributed by atoms with van der Waals surface area (Å²) >= 11 is 9.43. The fraction of sp³-hybridized carbons (Fsp3) is 0.188. The number of halogens is 2. The average molecular weight is 425 g/mol. The van der Waals surface area contributed by atoms with Gasteiger partial charge in [0.1, 0.15) is 11.4 Å². The molecule has 1 amide bonds. The molecule has 0 atom stereocenters. The van der Waals surface area contributed by atoms with Crippen molar-refractivity contribution < 1.29 is 9.53 Å². The number of hydrogen-bond donors (Lipinski definition) is 1. The molecule has 0 spiro atoms. The number of aryl methyl sites for hydroxylation is 1. The fourth-order valence-corrected chi connectivity index (χ4v) is 2.85. The van der Waals surface area contributed by atoms with Gasteiger partial charge in [0, 0.05) is 36.0 Å². The highest BCUT2D eigenvalue weighted by Crippen LogP contribution is 2.27. The minimum Gasteiger partial charge on any atom is -0.470 e. The number of aromatic nitrogens is 4. The first kappa shape index (κ1) is 17.5. The highest BCUT2D eigenvalue weighted by atomic mass is 79.9. The molecule has 2 aromatic heterocycles. The summed E-state index contributed by atoms with van der Waals surface area (Å²) in [5.74, 6) is 0.284. The monoisotopic (exact) mass is 423 g/mol. The first-order chi connectivity index (χ1) is 12.0. The molecule has 1 N–H and O–H groups in total. The molecule has 9 heteroatoms. The van der Waals surface area contributed by atoms with E-state index in [-0.39, 0.29) is 12.6 Å². The molecule has 0 bridgehead atoms. The van der Waals surface area contributed by atoms with E-state index in [1.54, 1.807) is 35.3 Å². The summed E-state index contributed by atoms with van der Waals surface area (Å²) in [5.41, 5.74) is 1.23. The second kappa shape index (κ2) is 7.71. The van der Waals surface area contributed by atoms with Gasteiger partial charge in [-0.3, -0.25) is 9.48 Å². The van der Waals surface area contributed by atoms with E-state index in [1.165, 1.54) is 4.68 Å². The lowest BCUT2D eigenvalue weighted by Gasteiger charge is -2.08. The van der Waals surface area contributed by atoms with E-state index in [9.17, 15) is 4.79 Å². The van der Waals surface area contributed by atoms with Gasteiger partial charge in [0.2, 0.25) is 0 Å². The molecule has 0 saturated heterocycles. The normalized spacial score (nSPS) is 10.7. The third-order valence-corrected chi connectivity index (χ3v) is 4.12. The lowest BCUT2D eigenvalue weighted by atomic mass is 10.3. The standard InChI is InChI=1S/C16H15BrClN5O2/c1-22-9-11(8-20-22)7-19-16(24)14-4-5-23(21-14)10-25-15-3-2-12(17)6-13(15)18/h2-6,8-9H,7,10H2,1H3,(H,19,24). The largest absolute Gasteiger partial charge is 0.470 e. The molecule has 3 aromatic rings. The number of carbonyl (C=O) groups excluding carboxylic acids is 1. The second-order valence-electron chi connectivity index (χ2n) is 5.29. The highest BCUT2D eigenvalue weighted by molar-refractivity contribution is 9.10. The zero-order chi connectivity index (χ0) is 17.8. The quantitative estimate of drug-likeness (QED) is 0.660. The summed E-state index contributed by atoms with van der Waals surface area (Å²) < 4.78 is 9.69. The third kappa shape index (κ3) is 4.61. The van der Waals surface area contributed by atoms with Crippen LogP contribution in [0.4, 0.5) is 0 Å².